The number of para-hydroxylation sites is 1. The van der Waals surface area contributed by atoms with Gasteiger partial charge in [0.2, 0.25) is 19.1 Å². The van der Waals surface area contributed by atoms with Crippen LogP contribution in [0.5, 0.6) is 0 Å². The van der Waals surface area contributed by atoms with Crippen LogP contribution in [-0.2, 0) is 24.8 Å². The highest BCUT2D eigenvalue weighted by Crippen LogP contribution is 2.24. The number of hydrogen-bond acceptors (Lipinski definition) is 4. The molecular weight excluding hydrogens is 286 g/mol. The summed E-state index contributed by atoms with van der Waals surface area (Å²) in [7, 11) is -0.647. The standard InChI is InChI=1S/C9H12ClNO4S2/c1-11(16(2,12)13)9-6-4-3-5-8(9)7-17(10,14)15/h3-6H,7H2,1-2H3. The second-order valence-corrected chi connectivity index (χ2v) is 8.33. The SMILES string of the molecule is CN(c1ccccc1CS(=O)(=O)Cl)S(C)(=O)=O. The smallest absolute Gasteiger partial charge is 0.236 e. The van der Waals surface area contributed by atoms with Crippen molar-refractivity contribution in [3.05, 3.63) is 29.8 Å². The molecule has 0 unspecified atom stereocenters. The average molecular weight is 298 g/mol. The molecule has 0 saturated carbocycles. The highest BCUT2D eigenvalue weighted by atomic mass is 35.7. The Balaban J connectivity index is 3.26. The van der Waals surface area contributed by atoms with Crippen LogP contribution in [0, 0.1) is 0 Å². The fourth-order valence-corrected chi connectivity index (χ4v) is 2.81. The minimum atomic E-state index is -3.73. The van der Waals surface area contributed by atoms with E-state index in [0.29, 0.717) is 11.3 Å². The highest BCUT2D eigenvalue weighted by molar-refractivity contribution is 8.13. The van der Waals surface area contributed by atoms with Crippen molar-refractivity contribution in [1.82, 2.24) is 0 Å². The van der Waals surface area contributed by atoms with E-state index >= 15 is 0 Å². The summed E-state index contributed by atoms with van der Waals surface area (Å²) in [4.78, 5) is 0. The first-order chi connectivity index (χ1) is 7.61. The Kier molecular flexibility index (Phi) is 4.06. The zero-order valence-electron chi connectivity index (χ0n) is 9.29. The van der Waals surface area contributed by atoms with Crippen LogP contribution in [0.1, 0.15) is 5.56 Å². The molecule has 0 spiro atoms. The first-order valence-electron chi connectivity index (χ1n) is 4.55. The van der Waals surface area contributed by atoms with Gasteiger partial charge < -0.3 is 0 Å². The van der Waals surface area contributed by atoms with Crippen molar-refractivity contribution < 1.29 is 16.8 Å². The molecule has 0 bridgehead atoms. The average Bonchev–Trinajstić information content (AvgIpc) is 2.13. The van der Waals surface area contributed by atoms with Crippen LogP contribution < -0.4 is 4.31 Å². The molecule has 1 aromatic carbocycles. The second kappa shape index (κ2) is 4.83. The molecule has 0 saturated heterocycles. The summed E-state index contributed by atoms with van der Waals surface area (Å²) < 4.78 is 45.8. The van der Waals surface area contributed by atoms with Gasteiger partial charge in [-0.25, -0.2) is 16.8 Å². The van der Waals surface area contributed by atoms with Gasteiger partial charge in [0.1, 0.15) is 0 Å². The lowest BCUT2D eigenvalue weighted by Gasteiger charge is -2.19. The van der Waals surface area contributed by atoms with Crippen LogP contribution in [0.2, 0.25) is 0 Å². The summed E-state index contributed by atoms with van der Waals surface area (Å²) in [5.41, 5.74) is 0.648. The third-order valence-electron chi connectivity index (χ3n) is 2.16. The van der Waals surface area contributed by atoms with Gasteiger partial charge in [-0.3, -0.25) is 4.31 Å². The predicted octanol–water partition coefficient (Wildman–Crippen LogP) is 1.15. The van der Waals surface area contributed by atoms with Crippen LogP contribution in [-0.4, -0.2) is 30.1 Å². The van der Waals surface area contributed by atoms with Crippen molar-refractivity contribution in [2.24, 2.45) is 0 Å². The molecule has 0 aromatic heterocycles. The number of nitrogens with zero attached hydrogens (tertiary/aromatic N) is 1. The Hall–Kier alpha value is -0.790. The van der Waals surface area contributed by atoms with Crippen molar-refractivity contribution in [1.29, 1.82) is 0 Å². The van der Waals surface area contributed by atoms with Gasteiger partial charge in [-0.2, -0.15) is 0 Å². The maximum atomic E-state index is 11.4. The summed E-state index contributed by atoms with van der Waals surface area (Å²) in [5.74, 6) is -0.412. The number of benzene rings is 1. The Morgan fingerprint density at radius 2 is 1.71 bits per heavy atom. The number of sulfonamides is 1. The third kappa shape index (κ3) is 4.18. The molecule has 0 N–H and O–H groups in total. The first-order valence-corrected chi connectivity index (χ1v) is 8.88. The quantitative estimate of drug-likeness (QED) is 0.782. The number of hydrogen-bond donors (Lipinski definition) is 0. The minimum absolute atomic E-state index is 0.305. The van der Waals surface area contributed by atoms with Gasteiger partial charge in [-0.15, -0.1) is 0 Å². The molecule has 17 heavy (non-hydrogen) atoms. The lowest BCUT2D eigenvalue weighted by molar-refractivity contribution is 0.599. The maximum Gasteiger partial charge on any atom is 0.236 e. The molecule has 96 valence electrons. The topological polar surface area (TPSA) is 71.5 Å². The first kappa shape index (κ1) is 14.3. The predicted molar refractivity (Wildman–Crippen MR) is 68.2 cm³/mol. The van der Waals surface area contributed by atoms with E-state index in [1.54, 1.807) is 12.1 Å². The molecule has 0 atom stereocenters. The van der Waals surface area contributed by atoms with Crippen molar-refractivity contribution in [3.63, 3.8) is 0 Å². The monoisotopic (exact) mass is 297 g/mol. The van der Waals surface area contributed by atoms with E-state index in [0.717, 1.165) is 10.6 Å². The lowest BCUT2D eigenvalue weighted by Crippen LogP contribution is -2.26. The van der Waals surface area contributed by atoms with Gasteiger partial charge in [0.15, 0.2) is 0 Å². The normalized spacial score (nSPS) is 12.4. The highest BCUT2D eigenvalue weighted by Gasteiger charge is 2.18. The van der Waals surface area contributed by atoms with E-state index in [-0.39, 0.29) is 0 Å². The van der Waals surface area contributed by atoms with Crippen molar-refractivity contribution >= 4 is 35.4 Å². The van der Waals surface area contributed by atoms with Crippen LogP contribution in [0.4, 0.5) is 5.69 Å². The molecule has 1 aromatic rings. The minimum Gasteiger partial charge on any atom is -0.273 e. The molecule has 8 heteroatoms. The summed E-state index contributed by atoms with van der Waals surface area (Å²) in [6, 6.07) is 6.30. The molecule has 0 radical (unpaired) electrons. The van der Waals surface area contributed by atoms with Crippen LogP contribution in [0.3, 0.4) is 0 Å². The molecule has 0 aliphatic rings. The van der Waals surface area contributed by atoms with Gasteiger partial charge in [0.25, 0.3) is 0 Å². The summed E-state index contributed by atoms with van der Waals surface area (Å²) in [6.45, 7) is 0. The van der Waals surface area contributed by atoms with E-state index in [1.165, 1.54) is 19.2 Å². The molecule has 0 fully saturated rings. The van der Waals surface area contributed by atoms with Crippen molar-refractivity contribution in [2.45, 2.75) is 5.75 Å². The molecule has 0 aliphatic carbocycles. The summed E-state index contributed by atoms with van der Waals surface area (Å²) in [5, 5.41) is 0. The van der Waals surface area contributed by atoms with Gasteiger partial charge >= 0.3 is 0 Å². The van der Waals surface area contributed by atoms with Crippen LogP contribution in [0.15, 0.2) is 24.3 Å². The Bertz CT molecular complexity index is 610. The molecule has 0 aliphatic heterocycles. The van der Waals surface area contributed by atoms with E-state index in [4.69, 9.17) is 10.7 Å². The molecule has 0 amide bonds. The second-order valence-electron chi connectivity index (χ2n) is 3.54. The number of anilines is 1. The molecular formula is C9H12ClNO4S2. The van der Waals surface area contributed by atoms with Gasteiger partial charge in [0, 0.05) is 17.7 Å². The summed E-state index contributed by atoms with van der Waals surface area (Å²) in [6.07, 6.45) is 1.04. The van der Waals surface area contributed by atoms with E-state index in [2.05, 4.69) is 0 Å². The van der Waals surface area contributed by atoms with Crippen LogP contribution in [0.25, 0.3) is 0 Å². The molecule has 1 rings (SSSR count). The maximum absolute atomic E-state index is 11.4. The molecule has 0 heterocycles. The molecule has 5 nitrogen and oxygen atoms in total. The van der Waals surface area contributed by atoms with Gasteiger partial charge in [-0.1, -0.05) is 18.2 Å². The Morgan fingerprint density at radius 3 is 2.18 bits per heavy atom. The van der Waals surface area contributed by atoms with E-state index < -0.39 is 24.8 Å². The van der Waals surface area contributed by atoms with E-state index in [9.17, 15) is 16.8 Å². The summed E-state index contributed by atoms with van der Waals surface area (Å²) >= 11 is 0. The Morgan fingerprint density at radius 1 is 1.18 bits per heavy atom. The largest absolute Gasteiger partial charge is 0.273 e. The zero-order valence-corrected chi connectivity index (χ0v) is 11.7. The zero-order chi connectivity index (χ0) is 13.3. The van der Waals surface area contributed by atoms with Gasteiger partial charge in [0.05, 0.1) is 17.7 Å². The van der Waals surface area contributed by atoms with Crippen molar-refractivity contribution in [3.8, 4) is 0 Å². The van der Waals surface area contributed by atoms with Gasteiger partial charge in [-0.05, 0) is 11.6 Å². The third-order valence-corrected chi connectivity index (χ3v) is 4.33. The number of rotatable bonds is 4. The fraction of sp³-hybridized carbons (Fsp3) is 0.333. The Labute approximate surface area is 105 Å². The van der Waals surface area contributed by atoms with Crippen LogP contribution >= 0.6 is 10.7 Å². The van der Waals surface area contributed by atoms with E-state index in [1.807, 2.05) is 0 Å². The van der Waals surface area contributed by atoms with Crippen molar-refractivity contribution in [2.75, 3.05) is 17.6 Å². The number of halogens is 1. The lowest BCUT2D eigenvalue weighted by atomic mass is 10.2. The fourth-order valence-electron chi connectivity index (χ4n) is 1.30.